The average Bonchev–Trinajstić information content (AvgIpc) is 3.25. The first kappa shape index (κ1) is 24.9. The summed E-state index contributed by atoms with van der Waals surface area (Å²) in [6.07, 6.45) is 2.05. The molecule has 0 amide bonds. The van der Waals surface area contributed by atoms with Crippen molar-refractivity contribution in [3.63, 3.8) is 0 Å². The maximum Gasteiger partial charge on any atom is 0.326 e. The summed E-state index contributed by atoms with van der Waals surface area (Å²) in [6, 6.07) is 22.9. The van der Waals surface area contributed by atoms with Crippen molar-refractivity contribution in [2.24, 2.45) is 7.05 Å². The number of hydrogen-bond acceptors (Lipinski definition) is 7. The lowest BCUT2D eigenvalue weighted by molar-refractivity contribution is -0.138. The normalized spacial score (nSPS) is 11.4. The summed E-state index contributed by atoms with van der Waals surface area (Å²) in [5.41, 5.74) is 3.54. The number of aryl methyl sites for hydroxylation is 1. The Morgan fingerprint density at radius 3 is 2.58 bits per heavy atom. The first-order chi connectivity index (χ1) is 18.3. The quantitative estimate of drug-likeness (QED) is 0.295. The lowest BCUT2D eigenvalue weighted by Crippen LogP contribution is -2.36. The molecule has 0 spiro atoms. The number of aromatic nitrogens is 3. The molecule has 3 aromatic carbocycles. The smallest absolute Gasteiger partial charge is 0.326 e. The number of hydrogen-bond donors (Lipinski definition) is 0. The molecule has 0 N–H and O–H groups in total. The van der Waals surface area contributed by atoms with Gasteiger partial charge in [-0.2, -0.15) is 5.26 Å². The van der Waals surface area contributed by atoms with Gasteiger partial charge in [0, 0.05) is 25.1 Å². The minimum Gasteiger partial charge on any atom is -0.468 e. The highest BCUT2D eigenvalue weighted by molar-refractivity contribution is 7.93. The molecule has 0 saturated carbocycles. The Morgan fingerprint density at radius 2 is 1.84 bits per heavy atom. The fraction of sp³-hybridized carbons (Fsp3) is 0.143. The van der Waals surface area contributed by atoms with Crippen molar-refractivity contribution in [2.75, 3.05) is 18.0 Å². The number of rotatable bonds is 7. The van der Waals surface area contributed by atoms with Gasteiger partial charge in [0.05, 0.1) is 41.0 Å². The molecule has 38 heavy (non-hydrogen) atoms. The van der Waals surface area contributed by atoms with Gasteiger partial charge in [-0.05, 0) is 48.0 Å². The molecule has 0 radical (unpaired) electrons. The molecule has 190 valence electrons. The molecule has 9 nitrogen and oxygen atoms in total. The number of carbonyl (C=O) groups is 1. The number of nitriles is 1. The maximum absolute atomic E-state index is 13.9. The lowest BCUT2D eigenvalue weighted by atomic mass is 10.1. The van der Waals surface area contributed by atoms with E-state index in [1.54, 1.807) is 54.6 Å². The van der Waals surface area contributed by atoms with Gasteiger partial charge in [-0.3, -0.25) is 14.1 Å². The third kappa shape index (κ3) is 4.55. The van der Waals surface area contributed by atoms with Crippen molar-refractivity contribution in [1.82, 2.24) is 14.5 Å². The summed E-state index contributed by atoms with van der Waals surface area (Å²) in [5.74, 6) is 0.0619. The summed E-state index contributed by atoms with van der Waals surface area (Å²) < 4.78 is 35.6. The van der Waals surface area contributed by atoms with Gasteiger partial charge in [0.1, 0.15) is 17.3 Å². The fourth-order valence-electron chi connectivity index (χ4n) is 4.33. The van der Waals surface area contributed by atoms with E-state index in [-0.39, 0.29) is 10.6 Å². The largest absolute Gasteiger partial charge is 0.468 e. The summed E-state index contributed by atoms with van der Waals surface area (Å²) in [5, 5.41) is 9.70. The van der Waals surface area contributed by atoms with Crippen LogP contribution in [0.5, 0.6) is 0 Å². The molecule has 2 aromatic heterocycles. The zero-order chi connectivity index (χ0) is 26.9. The second-order valence-electron chi connectivity index (χ2n) is 8.66. The van der Waals surface area contributed by atoms with Crippen LogP contribution in [0.15, 0.2) is 83.9 Å². The summed E-state index contributed by atoms with van der Waals surface area (Å²) in [4.78, 5) is 21.3. The van der Waals surface area contributed by atoms with E-state index in [1.807, 2.05) is 23.7 Å². The highest BCUT2D eigenvalue weighted by Crippen LogP contribution is 2.30. The number of fused-ring (bicyclic) bond motifs is 2. The minimum atomic E-state index is -4.20. The molecule has 0 aliphatic carbocycles. The van der Waals surface area contributed by atoms with E-state index in [0.717, 1.165) is 21.2 Å². The van der Waals surface area contributed by atoms with E-state index in [9.17, 15) is 13.2 Å². The number of benzene rings is 3. The Morgan fingerprint density at radius 1 is 1.08 bits per heavy atom. The summed E-state index contributed by atoms with van der Waals surface area (Å²) in [6.45, 7) is -0.515. The van der Waals surface area contributed by atoms with Crippen molar-refractivity contribution in [2.45, 2.75) is 11.3 Å². The zero-order valence-electron chi connectivity index (χ0n) is 20.7. The van der Waals surface area contributed by atoms with Crippen LogP contribution in [0.3, 0.4) is 0 Å². The molecule has 10 heteroatoms. The Balaban J connectivity index is 1.58. The van der Waals surface area contributed by atoms with Crippen molar-refractivity contribution in [3.8, 4) is 6.07 Å². The Kier molecular flexibility index (Phi) is 6.53. The molecule has 5 rings (SSSR count). The predicted octanol–water partition coefficient (Wildman–Crippen LogP) is 3.95. The van der Waals surface area contributed by atoms with Crippen LogP contribution < -0.4 is 4.31 Å². The van der Waals surface area contributed by atoms with Gasteiger partial charge >= 0.3 is 5.97 Å². The molecule has 0 aliphatic rings. The van der Waals surface area contributed by atoms with Crippen molar-refractivity contribution in [1.29, 1.82) is 5.26 Å². The molecule has 5 aromatic rings. The topological polar surface area (TPSA) is 118 Å². The minimum absolute atomic E-state index is 0.0119. The molecular formula is C28H23N5O4S. The van der Waals surface area contributed by atoms with Gasteiger partial charge in [-0.25, -0.2) is 13.4 Å². The molecule has 0 fully saturated rings. The number of carbonyl (C=O) groups excluding carboxylic acids is 1. The van der Waals surface area contributed by atoms with Gasteiger partial charge in [0.15, 0.2) is 0 Å². The van der Waals surface area contributed by atoms with E-state index in [1.165, 1.54) is 19.4 Å². The molecule has 0 bridgehead atoms. The van der Waals surface area contributed by atoms with Gasteiger partial charge in [-0.1, -0.05) is 30.3 Å². The van der Waals surface area contributed by atoms with Gasteiger partial charge in [-0.15, -0.1) is 0 Å². The molecule has 0 aliphatic heterocycles. The van der Waals surface area contributed by atoms with Crippen LogP contribution in [0.2, 0.25) is 0 Å². The number of imidazole rings is 1. The van der Waals surface area contributed by atoms with Crippen LogP contribution in [0.25, 0.3) is 21.9 Å². The van der Waals surface area contributed by atoms with Gasteiger partial charge in [0.2, 0.25) is 0 Å². The van der Waals surface area contributed by atoms with E-state index in [0.29, 0.717) is 28.4 Å². The first-order valence-electron chi connectivity index (χ1n) is 11.7. The number of pyridine rings is 1. The number of para-hydroxylation sites is 1. The monoisotopic (exact) mass is 525 g/mol. The highest BCUT2D eigenvalue weighted by Gasteiger charge is 2.30. The molecular weight excluding hydrogens is 502 g/mol. The molecule has 0 saturated heterocycles. The predicted molar refractivity (Wildman–Crippen MR) is 143 cm³/mol. The zero-order valence-corrected chi connectivity index (χ0v) is 21.5. The van der Waals surface area contributed by atoms with Crippen molar-refractivity contribution in [3.05, 3.63) is 95.9 Å². The number of esters is 1. The third-order valence-corrected chi connectivity index (χ3v) is 8.16. The van der Waals surface area contributed by atoms with E-state index in [4.69, 9.17) is 15.0 Å². The lowest BCUT2D eigenvalue weighted by Gasteiger charge is -2.24. The second kappa shape index (κ2) is 9.95. The second-order valence-corrected chi connectivity index (χ2v) is 10.5. The number of nitrogens with zero attached hydrogens (tertiary/aromatic N) is 5. The molecule has 0 atom stereocenters. The van der Waals surface area contributed by atoms with Crippen LogP contribution in [0, 0.1) is 11.3 Å². The van der Waals surface area contributed by atoms with Gasteiger partial charge in [0.25, 0.3) is 10.0 Å². The van der Waals surface area contributed by atoms with E-state index < -0.39 is 22.5 Å². The number of ether oxygens (including phenoxy) is 1. The van der Waals surface area contributed by atoms with Crippen LogP contribution in [0.4, 0.5) is 5.69 Å². The van der Waals surface area contributed by atoms with Crippen LogP contribution in [0.1, 0.15) is 17.0 Å². The van der Waals surface area contributed by atoms with E-state index in [2.05, 4.69) is 11.1 Å². The fourth-order valence-corrected chi connectivity index (χ4v) is 5.90. The molecule has 2 heterocycles. The third-order valence-electron chi connectivity index (χ3n) is 6.35. The SMILES string of the molecule is COC(=O)CN(c1ccc2c(c1)nc(Cc1ccc(C#N)cc1)n2C)S(=O)(=O)c1cccc2cccnc12. The highest BCUT2D eigenvalue weighted by atomic mass is 32.2. The number of methoxy groups -OCH3 is 1. The summed E-state index contributed by atoms with van der Waals surface area (Å²) in [7, 11) is -1.10. The first-order valence-corrected chi connectivity index (χ1v) is 13.1. The van der Waals surface area contributed by atoms with Crippen LogP contribution in [-0.4, -0.2) is 42.6 Å². The molecule has 0 unspecified atom stereocenters. The Labute approximate surface area is 219 Å². The number of anilines is 1. The summed E-state index contributed by atoms with van der Waals surface area (Å²) >= 11 is 0. The number of sulfonamides is 1. The maximum atomic E-state index is 13.9. The van der Waals surface area contributed by atoms with E-state index >= 15 is 0 Å². The van der Waals surface area contributed by atoms with Crippen molar-refractivity contribution < 1.29 is 17.9 Å². The van der Waals surface area contributed by atoms with Crippen molar-refractivity contribution >= 4 is 43.6 Å². The van der Waals surface area contributed by atoms with Gasteiger partial charge < -0.3 is 9.30 Å². The Bertz CT molecular complexity index is 1820. The average molecular weight is 526 g/mol. The van der Waals surface area contributed by atoms with Crippen LogP contribution in [-0.2, 0) is 33.0 Å². The standard InChI is InChI=1S/C28H23N5O4S/c1-32-24-13-12-22(16-23(24)31-26(32)15-19-8-10-20(17-29)11-9-19)33(18-27(34)37-2)38(35,36)25-7-3-5-21-6-4-14-30-28(21)25/h3-14,16H,15,18H2,1-2H3. The van der Waals surface area contributed by atoms with Crippen LogP contribution >= 0.6 is 0 Å². The Hall–Kier alpha value is -4.75.